The second-order valence-electron chi connectivity index (χ2n) is 5.15. The summed E-state index contributed by atoms with van der Waals surface area (Å²) in [6.07, 6.45) is 0. The first-order chi connectivity index (χ1) is 11.5. The Kier molecular flexibility index (Phi) is 6.44. The quantitative estimate of drug-likeness (QED) is 0.815. The van der Waals surface area contributed by atoms with E-state index in [0.717, 1.165) is 17.4 Å². The zero-order valence-electron chi connectivity index (χ0n) is 13.5. The standard InChI is InChI=1S/C18H19ClFNO3/c1-3-23-15-7-4-13(5-8-15)12(2)21-18(22)11-24-17-9-6-14(20)10-16(17)19/h4-10,12H,3,11H2,1-2H3,(H,21,22)/t12-/m1/s1. The van der Waals surface area contributed by atoms with Crippen LogP contribution in [0.5, 0.6) is 11.5 Å². The van der Waals surface area contributed by atoms with Gasteiger partial charge < -0.3 is 14.8 Å². The van der Waals surface area contributed by atoms with Crippen molar-refractivity contribution >= 4 is 17.5 Å². The third-order valence-corrected chi connectivity index (χ3v) is 3.62. The predicted octanol–water partition coefficient (Wildman–Crippen LogP) is 4.13. The van der Waals surface area contributed by atoms with Gasteiger partial charge in [-0.15, -0.1) is 0 Å². The molecule has 0 fully saturated rings. The van der Waals surface area contributed by atoms with Crippen LogP contribution >= 0.6 is 11.6 Å². The Hall–Kier alpha value is -2.27. The molecule has 128 valence electrons. The lowest BCUT2D eigenvalue weighted by molar-refractivity contribution is -0.123. The number of halogens is 2. The van der Waals surface area contributed by atoms with E-state index in [2.05, 4.69) is 5.32 Å². The molecule has 6 heteroatoms. The normalized spacial score (nSPS) is 11.7. The smallest absolute Gasteiger partial charge is 0.258 e. The van der Waals surface area contributed by atoms with E-state index >= 15 is 0 Å². The van der Waals surface area contributed by atoms with Crippen LogP contribution in [0, 0.1) is 5.82 Å². The van der Waals surface area contributed by atoms with Crippen molar-refractivity contribution in [3.8, 4) is 11.5 Å². The van der Waals surface area contributed by atoms with Gasteiger partial charge in [-0.2, -0.15) is 0 Å². The lowest BCUT2D eigenvalue weighted by Gasteiger charge is -2.15. The number of hydrogen-bond acceptors (Lipinski definition) is 3. The maximum absolute atomic E-state index is 13.0. The Labute approximate surface area is 145 Å². The van der Waals surface area contributed by atoms with Gasteiger partial charge in [-0.05, 0) is 49.7 Å². The van der Waals surface area contributed by atoms with Crippen molar-refractivity contribution in [2.24, 2.45) is 0 Å². The number of ether oxygens (including phenoxy) is 2. The Morgan fingerprint density at radius 1 is 1.21 bits per heavy atom. The minimum absolute atomic E-state index is 0.127. The average Bonchev–Trinajstić information content (AvgIpc) is 2.55. The van der Waals surface area contributed by atoms with Gasteiger partial charge in [0.25, 0.3) is 5.91 Å². The molecule has 0 aliphatic rings. The zero-order chi connectivity index (χ0) is 17.5. The Morgan fingerprint density at radius 3 is 2.54 bits per heavy atom. The monoisotopic (exact) mass is 351 g/mol. The summed E-state index contributed by atoms with van der Waals surface area (Å²) in [6.45, 7) is 4.20. The van der Waals surface area contributed by atoms with Crippen LogP contribution in [-0.2, 0) is 4.79 Å². The van der Waals surface area contributed by atoms with Crippen molar-refractivity contribution in [1.29, 1.82) is 0 Å². The van der Waals surface area contributed by atoms with Crippen LogP contribution in [0.15, 0.2) is 42.5 Å². The van der Waals surface area contributed by atoms with Crippen molar-refractivity contribution in [2.75, 3.05) is 13.2 Å². The van der Waals surface area contributed by atoms with Gasteiger partial charge in [-0.25, -0.2) is 4.39 Å². The van der Waals surface area contributed by atoms with Crippen LogP contribution in [-0.4, -0.2) is 19.1 Å². The zero-order valence-corrected chi connectivity index (χ0v) is 14.3. The molecule has 0 aliphatic heterocycles. The molecular formula is C18H19ClFNO3. The van der Waals surface area contributed by atoms with Gasteiger partial charge in [0.05, 0.1) is 17.7 Å². The molecule has 1 N–H and O–H groups in total. The van der Waals surface area contributed by atoms with E-state index in [0.29, 0.717) is 6.61 Å². The van der Waals surface area contributed by atoms with E-state index < -0.39 is 5.82 Å². The molecule has 4 nitrogen and oxygen atoms in total. The van der Waals surface area contributed by atoms with Gasteiger partial charge in [0, 0.05) is 0 Å². The Bertz CT molecular complexity index is 691. The predicted molar refractivity (Wildman–Crippen MR) is 91.1 cm³/mol. The molecule has 0 spiro atoms. The molecule has 24 heavy (non-hydrogen) atoms. The number of nitrogens with one attached hydrogen (secondary N) is 1. The van der Waals surface area contributed by atoms with Crippen LogP contribution in [0.3, 0.4) is 0 Å². The summed E-state index contributed by atoms with van der Waals surface area (Å²) >= 11 is 5.85. The van der Waals surface area contributed by atoms with E-state index in [-0.39, 0.29) is 29.3 Å². The van der Waals surface area contributed by atoms with Gasteiger partial charge in [-0.3, -0.25) is 4.79 Å². The molecule has 0 unspecified atom stereocenters. The van der Waals surface area contributed by atoms with Crippen molar-refractivity contribution in [3.05, 3.63) is 58.9 Å². The first kappa shape index (κ1) is 18.1. The molecule has 0 heterocycles. The Morgan fingerprint density at radius 2 is 1.92 bits per heavy atom. The van der Waals surface area contributed by atoms with Gasteiger partial charge in [0.2, 0.25) is 0 Å². The average molecular weight is 352 g/mol. The minimum Gasteiger partial charge on any atom is -0.494 e. The van der Waals surface area contributed by atoms with Crippen molar-refractivity contribution < 1.29 is 18.7 Å². The van der Waals surface area contributed by atoms with E-state index in [1.54, 1.807) is 0 Å². The number of hydrogen-bond donors (Lipinski definition) is 1. The van der Waals surface area contributed by atoms with Crippen LogP contribution < -0.4 is 14.8 Å². The highest BCUT2D eigenvalue weighted by atomic mass is 35.5. The fraction of sp³-hybridized carbons (Fsp3) is 0.278. The molecule has 0 bridgehead atoms. The van der Waals surface area contributed by atoms with Gasteiger partial charge in [0.15, 0.2) is 6.61 Å². The third-order valence-electron chi connectivity index (χ3n) is 3.32. The van der Waals surface area contributed by atoms with Gasteiger partial charge in [-0.1, -0.05) is 23.7 Å². The molecular weight excluding hydrogens is 333 g/mol. The van der Waals surface area contributed by atoms with Crippen molar-refractivity contribution in [2.45, 2.75) is 19.9 Å². The first-order valence-electron chi connectivity index (χ1n) is 7.59. The third kappa shape index (κ3) is 5.13. The van der Waals surface area contributed by atoms with E-state index in [1.165, 1.54) is 12.1 Å². The maximum atomic E-state index is 13.0. The summed E-state index contributed by atoms with van der Waals surface area (Å²) in [6, 6.07) is 11.1. The molecule has 0 radical (unpaired) electrons. The molecule has 0 saturated heterocycles. The SMILES string of the molecule is CCOc1ccc([C@@H](C)NC(=O)COc2ccc(F)cc2Cl)cc1. The summed E-state index contributed by atoms with van der Waals surface area (Å²) in [5, 5.41) is 2.95. The molecule has 0 aliphatic carbocycles. The molecule has 0 saturated carbocycles. The second kappa shape index (κ2) is 8.55. The summed E-state index contributed by atoms with van der Waals surface area (Å²) < 4.78 is 23.6. The highest BCUT2D eigenvalue weighted by Crippen LogP contribution is 2.24. The molecule has 2 rings (SSSR count). The molecule has 1 amide bonds. The van der Waals surface area contributed by atoms with Crippen LogP contribution in [0.25, 0.3) is 0 Å². The maximum Gasteiger partial charge on any atom is 0.258 e. The Balaban J connectivity index is 1.87. The van der Waals surface area contributed by atoms with Crippen molar-refractivity contribution in [3.63, 3.8) is 0 Å². The largest absolute Gasteiger partial charge is 0.494 e. The van der Waals surface area contributed by atoms with Crippen LogP contribution in [0.4, 0.5) is 4.39 Å². The highest BCUT2D eigenvalue weighted by Gasteiger charge is 2.11. The van der Waals surface area contributed by atoms with Gasteiger partial charge >= 0.3 is 0 Å². The first-order valence-corrected chi connectivity index (χ1v) is 7.97. The fourth-order valence-electron chi connectivity index (χ4n) is 2.12. The number of benzene rings is 2. The topological polar surface area (TPSA) is 47.6 Å². The summed E-state index contributed by atoms with van der Waals surface area (Å²) in [7, 11) is 0. The van der Waals surface area contributed by atoms with Gasteiger partial charge in [0.1, 0.15) is 17.3 Å². The number of carbonyl (C=O) groups is 1. The highest BCUT2D eigenvalue weighted by molar-refractivity contribution is 6.32. The van der Waals surface area contributed by atoms with Crippen LogP contribution in [0.2, 0.25) is 5.02 Å². The summed E-state index contributed by atoms with van der Waals surface area (Å²) in [5.74, 6) is 0.300. The van der Waals surface area contributed by atoms with E-state index in [4.69, 9.17) is 21.1 Å². The fourth-order valence-corrected chi connectivity index (χ4v) is 2.34. The minimum atomic E-state index is -0.457. The second-order valence-corrected chi connectivity index (χ2v) is 5.56. The molecule has 1 atom stereocenters. The van der Waals surface area contributed by atoms with E-state index in [9.17, 15) is 9.18 Å². The number of carbonyl (C=O) groups excluding carboxylic acids is 1. The number of amides is 1. The lowest BCUT2D eigenvalue weighted by atomic mass is 10.1. The number of rotatable bonds is 7. The van der Waals surface area contributed by atoms with E-state index in [1.807, 2.05) is 38.1 Å². The lowest BCUT2D eigenvalue weighted by Crippen LogP contribution is -2.31. The molecule has 2 aromatic carbocycles. The van der Waals surface area contributed by atoms with Crippen LogP contribution in [0.1, 0.15) is 25.5 Å². The van der Waals surface area contributed by atoms with Crippen molar-refractivity contribution in [1.82, 2.24) is 5.32 Å². The molecule has 0 aromatic heterocycles. The molecule has 2 aromatic rings. The summed E-state index contributed by atoms with van der Waals surface area (Å²) in [5.41, 5.74) is 0.951. The summed E-state index contributed by atoms with van der Waals surface area (Å²) in [4.78, 5) is 12.0.